The summed E-state index contributed by atoms with van der Waals surface area (Å²) >= 11 is 0. The molecule has 92 valence electrons. The number of carbonyl (C=O) groups excluding carboxylic acids is 1. The van der Waals surface area contributed by atoms with Gasteiger partial charge in [0.25, 0.3) is 0 Å². The number of benzene rings is 2. The van der Waals surface area contributed by atoms with E-state index in [1.807, 2.05) is 19.1 Å². The highest BCUT2D eigenvalue weighted by molar-refractivity contribution is 6.10. The van der Waals surface area contributed by atoms with E-state index < -0.39 is 5.82 Å². The van der Waals surface area contributed by atoms with Gasteiger partial charge >= 0.3 is 0 Å². The third-order valence-corrected chi connectivity index (χ3v) is 2.82. The molecule has 0 saturated heterocycles. The largest absolute Gasteiger partial charge is 0.494 e. The summed E-state index contributed by atoms with van der Waals surface area (Å²) in [7, 11) is 1.38. The van der Waals surface area contributed by atoms with Crippen molar-refractivity contribution in [3.8, 4) is 5.75 Å². The first-order chi connectivity index (χ1) is 8.65. The minimum Gasteiger partial charge on any atom is -0.494 e. The fourth-order valence-electron chi connectivity index (χ4n) is 1.82. The van der Waals surface area contributed by atoms with Crippen molar-refractivity contribution in [3.63, 3.8) is 0 Å². The summed E-state index contributed by atoms with van der Waals surface area (Å²) in [5.41, 5.74) is 1.36. The van der Waals surface area contributed by atoms with E-state index in [0.29, 0.717) is 5.56 Å². The van der Waals surface area contributed by atoms with Crippen molar-refractivity contribution >= 4 is 5.78 Å². The van der Waals surface area contributed by atoms with Crippen molar-refractivity contribution in [2.24, 2.45) is 0 Å². The second-order valence-corrected chi connectivity index (χ2v) is 3.97. The predicted molar refractivity (Wildman–Crippen MR) is 67.6 cm³/mol. The zero-order valence-electron chi connectivity index (χ0n) is 10.2. The highest BCUT2D eigenvalue weighted by Crippen LogP contribution is 2.23. The molecule has 0 amide bonds. The Kier molecular flexibility index (Phi) is 3.42. The number of ketones is 1. The molecule has 0 aliphatic rings. The lowest BCUT2D eigenvalue weighted by atomic mass is 9.98. The van der Waals surface area contributed by atoms with E-state index in [1.54, 1.807) is 18.2 Å². The van der Waals surface area contributed by atoms with Gasteiger partial charge in [-0.2, -0.15) is 0 Å². The monoisotopic (exact) mass is 244 g/mol. The molecular formula is C15H13FO2. The smallest absolute Gasteiger partial charge is 0.196 e. The van der Waals surface area contributed by atoms with Crippen LogP contribution in [0, 0.1) is 12.7 Å². The van der Waals surface area contributed by atoms with Gasteiger partial charge in [-0.25, -0.2) is 4.39 Å². The summed E-state index contributed by atoms with van der Waals surface area (Å²) in [5.74, 6) is -0.868. The van der Waals surface area contributed by atoms with Gasteiger partial charge in [-0.15, -0.1) is 0 Å². The normalized spacial score (nSPS) is 10.2. The molecule has 2 aromatic rings. The van der Waals surface area contributed by atoms with Crippen LogP contribution in [-0.2, 0) is 0 Å². The number of methoxy groups -OCH3 is 1. The van der Waals surface area contributed by atoms with Crippen LogP contribution in [0.4, 0.5) is 4.39 Å². The summed E-state index contributed by atoms with van der Waals surface area (Å²) in [4.78, 5) is 12.3. The maximum atomic E-state index is 14.0. The quantitative estimate of drug-likeness (QED) is 0.774. The molecule has 0 saturated carbocycles. The topological polar surface area (TPSA) is 26.3 Å². The Morgan fingerprint density at radius 2 is 1.72 bits per heavy atom. The Bertz CT molecular complexity index is 591. The maximum Gasteiger partial charge on any atom is 0.196 e. The van der Waals surface area contributed by atoms with Gasteiger partial charge in [-0.1, -0.05) is 30.3 Å². The third kappa shape index (κ3) is 2.12. The number of hydrogen-bond acceptors (Lipinski definition) is 2. The lowest BCUT2D eigenvalue weighted by Gasteiger charge is -2.08. The van der Waals surface area contributed by atoms with Crippen LogP contribution in [0.3, 0.4) is 0 Å². The zero-order chi connectivity index (χ0) is 13.1. The molecule has 0 aliphatic heterocycles. The number of halogens is 1. The standard InChI is InChI=1S/C15H13FO2/c1-10-6-3-4-7-11(10)15(17)12-8-5-9-13(18-2)14(12)16/h3-9H,1-2H3. The molecule has 0 fully saturated rings. The van der Waals surface area contributed by atoms with Crippen molar-refractivity contribution in [3.05, 3.63) is 65.0 Å². The van der Waals surface area contributed by atoms with Crippen molar-refractivity contribution < 1.29 is 13.9 Å². The third-order valence-electron chi connectivity index (χ3n) is 2.82. The number of ether oxygens (including phenoxy) is 1. The number of hydrogen-bond donors (Lipinski definition) is 0. The first-order valence-corrected chi connectivity index (χ1v) is 5.58. The van der Waals surface area contributed by atoms with Gasteiger partial charge in [0.1, 0.15) is 0 Å². The highest BCUT2D eigenvalue weighted by Gasteiger charge is 2.18. The van der Waals surface area contributed by atoms with E-state index in [4.69, 9.17) is 4.74 Å². The molecule has 2 rings (SSSR count). The van der Waals surface area contributed by atoms with Crippen LogP contribution in [0.2, 0.25) is 0 Å². The van der Waals surface area contributed by atoms with Gasteiger partial charge in [-0.3, -0.25) is 4.79 Å². The zero-order valence-corrected chi connectivity index (χ0v) is 10.2. The number of aryl methyl sites for hydroxylation is 1. The van der Waals surface area contributed by atoms with E-state index in [0.717, 1.165) is 5.56 Å². The summed E-state index contributed by atoms with van der Waals surface area (Å²) in [6.45, 7) is 1.82. The predicted octanol–water partition coefficient (Wildman–Crippen LogP) is 3.37. The first-order valence-electron chi connectivity index (χ1n) is 5.58. The van der Waals surface area contributed by atoms with Crippen molar-refractivity contribution in [2.75, 3.05) is 7.11 Å². The molecule has 3 heteroatoms. The van der Waals surface area contributed by atoms with Crippen LogP contribution in [0.5, 0.6) is 5.75 Å². The summed E-state index contributed by atoms with van der Waals surface area (Å²) in [6, 6.07) is 11.7. The molecule has 0 atom stereocenters. The molecule has 18 heavy (non-hydrogen) atoms. The van der Waals surface area contributed by atoms with E-state index in [9.17, 15) is 9.18 Å². The maximum absolute atomic E-state index is 14.0. The highest BCUT2D eigenvalue weighted by atomic mass is 19.1. The SMILES string of the molecule is COc1cccc(C(=O)c2ccccc2C)c1F. The lowest BCUT2D eigenvalue weighted by Crippen LogP contribution is -2.07. The lowest BCUT2D eigenvalue weighted by molar-refractivity contribution is 0.103. The van der Waals surface area contributed by atoms with Gasteiger partial charge in [0.15, 0.2) is 17.3 Å². The summed E-state index contributed by atoms with van der Waals surface area (Å²) in [6.07, 6.45) is 0. The van der Waals surface area contributed by atoms with Crippen molar-refractivity contribution in [2.45, 2.75) is 6.92 Å². The van der Waals surface area contributed by atoms with E-state index in [1.165, 1.54) is 19.2 Å². The second kappa shape index (κ2) is 5.00. The first kappa shape index (κ1) is 12.3. The van der Waals surface area contributed by atoms with Gasteiger partial charge < -0.3 is 4.74 Å². The van der Waals surface area contributed by atoms with Crippen LogP contribution in [0.15, 0.2) is 42.5 Å². The van der Waals surface area contributed by atoms with Crippen molar-refractivity contribution in [1.82, 2.24) is 0 Å². The molecule has 0 aromatic heterocycles. The van der Waals surface area contributed by atoms with Crippen LogP contribution in [-0.4, -0.2) is 12.9 Å². The van der Waals surface area contributed by atoms with E-state index in [2.05, 4.69) is 0 Å². The molecule has 2 aromatic carbocycles. The number of rotatable bonds is 3. The average Bonchev–Trinajstić information content (AvgIpc) is 2.39. The van der Waals surface area contributed by atoms with Gasteiger partial charge in [0.2, 0.25) is 0 Å². The van der Waals surface area contributed by atoms with Crippen LogP contribution in [0.1, 0.15) is 21.5 Å². The molecule has 0 heterocycles. The van der Waals surface area contributed by atoms with E-state index in [-0.39, 0.29) is 17.1 Å². The molecule has 2 nitrogen and oxygen atoms in total. The molecule has 0 unspecified atom stereocenters. The Hall–Kier alpha value is -2.16. The average molecular weight is 244 g/mol. The summed E-state index contributed by atoms with van der Waals surface area (Å²) in [5, 5.41) is 0. The van der Waals surface area contributed by atoms with Gasteiger partial charge in [-0.05, 0) is 24.6 Å². The molecule has 0 N–H and O–H groups in total. The van der Waals surface area contributed by atoms with Gasteiger partial charge in [0.05, 0.1) is 12.7 Å². The molecule has 0 radical (unpaired) electrons. The Labute approximate surface area is 105 Å². The van der Waals surface area contributed by atoms with E-state index >= 15 is 0 Å². The Morgan fingerprint density at radius 1 is 1.06 bits per heavy atom. The summed E-state index contributed by atoms with van der Waals surface area (Å²) < 4.78 is 18.9. The molecule has 0 spiro atoms. The fourth-order valence-corrected chi connectivity index (χ4v) is 1.82. The molecule has 0 aliphatic carbocycles. The Morgan fingerprint density at radius 3 is 2.39 bits per heavy atom. The van der Waals surface area contributed by atoms with Crippen LogP contribution >= 0.6 is 0 Å². The molecular weight excluding hydrogens is 231 g/mol. The van der Waals surface area contributed by atoms with Gasteiger partial charge in [0, 0.05) is 5.56 Å². The minimum atomic E-state index is -0.617. The van der Waals surface area contributed by atoms with Crippen LogP contribution in [0.25, 0.3) is 0 Å². The minimum absolute atomic E-state index is 0.0312. The number of carbonyl (C=O) groups is 1. The van der Waals surface area contributed by atoms with Crippen molar-refractivity contribution in [1.29, 1.82) is 0 Å². The van der Waals surface area contributed by atoms with Crippen LogP contribution < -0.4 is 4.74 Å². The fraction of sp³-hybridized carbons (Fsp3) is 0.133. The molecule has 0 bridgehead atoms. The second-order valence-electron chi connectivity index (χ2n) is 3.97. The Balaban J connectivity index is 2.50.